The van der Waals surface area contributed by atoms with E-state index in [-0.39, 0.29) is 24.9 Å². The number of nitrogens with zero attached hydrogens (tertiary/aromatic N) is 2. The first-order chi connectivity index (χ1) is 16.7. The number of amides is 1. The Morgan fingerprint density at radius 2 is 2.00 bits per heavy atom. The largest absolute Gasteiger partial charge is 0.475 e. The predicted octanol–water partition coefficient (Wildman–Crippen LogP) is 2.06. The fourth-order valence-corrected chi connectivity index (χ4v) is 8.44. The van der Waals surface area contributed by atoms with E-state index in [1.54, 1.807) is 34.0 Å². The lowest BCUT2D eigenvalue weighted by Crippen LogP contribution is -2.55. The van der Waals surface area contributed by atoms with Gasteiger partial charge >= 0.3 is 7.82 Å². The van der Waals surface area contributed by atoms with Crippen molar-refractivity contribution in [2.45, 2.75) is 56.2 Å². The average molecular weight is 545 g/mol. The van der Waals surface area contributed by atoms with Crippen LogP contribution >= 0.6 is 29.4 Å². The number of rotatable bonds is 6. The Morgan fingerprint density at radius 1 is 1.26 bits per heavy atom. The van der Waals surface area contributed by atoms with E-state index in [2.05, 4.69) is 4.98 Å². The maximum absolute atomic E-state index is 13.5. The normalized spacial score (nSPS) is 39.6. The van der Waals surface area contributed by atoms with E-state index >= 15 is 0 Å². The van der Waals surface area contributed by atoms with Gasteiger partial charge in [-0.05, 0) is 30.7 Å². The highest BCUT2D eigenvalue weighted by molar-refractivity contribution is 8.76. The van der Waals surface area contributed by atoms with Crippen LogP contribution in [0.2, 0.25) is 0 Å². The van der Waals surface area contributed by atoms with Gasteiger partial charge in [-0.2, -0.15) is 0 Å². The smallest absolute Gasteiger partial charge is 0.383 e. The standard InChI is InChI=1S/C21H25N2O9PS2/c1-21(26)19-15(30-20(21)23-7-4-14(24)8-18(23)25)10-29-33(27,32-19)31-17-12-35-34-11-16(17)28-9-13-2-5-22-6-3-13/h2-7,15-17,19-20,26H,8-12H2,1H3/t15-,16+,17?,19-,20-,21-,33?/m1/s1. The van der Waals surface area contributed by atoms with Gasteiger partial charge in [0.1, 0.15) is 23.9 Å². The first-order valence-electron chi connectivity index (χ1n) is 11.0. The van der Waals surface area contributed by atoms with Crippen LogP contribution in [-0.2, 0) is 43.8 Å². The van der Waals surface area contributed by atoms with E-state index in [4.69, 9.17) is 23.0 Å². The molecule has 4 aliphatic heterocycles. The molecular formula is C21H25N2O9PS2. The molecule has 190 valence electrons. The van der Waals surface area contributed by atoms with E-state index in [1.807, 2.05) is 12.1 Å². The van der Waals surface area contributed by atoms with Crippen molar-refractivity contribution in [1.29, 1.82) is 0 Å². The number of phosphoric acid groups is 1. The van der Waals surface area contributed by atoms with Crippen LogP contribution in [0.15, 0.2) is 36.8 Å². The number of pyridine rings is 1. The number of hydrogen-bond acceptors (Lipinski definition) is 12. The molecule has 14 heteroatoms. The first kappa shape index (κ1) is 25.4. The van der Waals surface area contributed by atoms with Gasteiger partial charge in [-0.25, -0.2) is 4.57 Å². The van der Waals surface area contributed by atoms with Crippen molar-refractivity contribution in [2.24, 2.45) is 0 Å². The first-order valence-corrected chi connectivity index (χ1v) is 15.0. The van der Waals surface area contributed by atoms with Gasteiger partial charge in [-0.15, -0.1) is 0 Å². The minimum Gasteiger partial charge on any atom is -0.383 e. The number of ether oxygens (including phenoxy) is 2. The lowest BCUT2D eigenvalue weighted by molar-refractivity contribution is -0.157. The number of phosphoric ester groups is 1. The van der Waals surface area contributed by atoms with E-state index in [9.17, 15) is 19.3 Å². The summed E-state index contributed by atoms with van der Waals surface area (Å²) >= 11 is 0. The van der Waals surface area contributed by atoms with Crippen molar-refractivity contribution in [1.82, 2.24) is 9.88 Å². The molecule has 0 aliphatic carbocycles. The number of allylic oxidation sites excluding steroid dienone is 1. The molecule has 0 aromatic carbocycles. The number of aromatic nitrogens is 1. The molecule has 1 aromatic heterocycles. The highest BCUT2D eigenvalue weighted by Crippen LogP contribution is 2.59. The molecule has 7 atom stereocenters. The lowest BCUT2D eigenvalue weighted by Gasteiger charge is -2.39. The molecule has 1 amide bonds. The number of aliphatic hydroxyl groups is 1. The molecule has 0 saturated carbocycles. The van der Waals surface area contributed by atoms with E-state index in [0.717, 1.165) is 10.5 Å². The Morgan fingerprint density at radius 3 is 2.74 bits per heavy atom. The third-order valence-electron chi connectivity index (χ3n) is 6.08. The molecule has 1 N–H and O–H groups in total. The van der Waals surface area contributed by atoms with Crippen molar-refractivity contribution in [2.75, 3.05) is 18.1 Å². The van der Waals surface area contributed by atoms with E-state index in [0.29, 0.717) is 18.1 Å². The Labute approximate surface area is 209 Å². The molecule has 4 aliphatic rings. The second-order valence-corrected chi connectivity index (χ2v) is 12.8. The van der Waals surface area contributed by atoms with Crippen molar-refractivity contribution in [3.05, 3.63) is 42.4 Å². The zero-order chi connectivity index (χ0) is 24.6. The topological polar surface area (TPSA) is 134 Å². The Kier molecular flexibility index (Phi) is 7.42. The molecule has 3 saturated heterocycles. The van der Waals surface area contributed by atoms with Crippen molar-refractivity contribution < 1.29 is 42.3 Å². The number of carbonyl (C=O) groups excluding carboxylic acids is 2. The summed E-state index contributed by atoms with van der Waals surface area (Å²) in [7, 11) is -0.880. The van der Waals surface area contributed by atoms with Gasteiger partial charge in [0.25, 0.3) is 0 Å². The molecule has 0 bridgehead atoms. The van der Waals surface area contributed by atoms with Crippen molar-refractivity contribution >= 4 is 41.1 Å². The minimum atomic E-state index is -4.08. The van der Waals surface area contributed by atoms with Crippen LogP contribution in [0.5, 0.6) is 0 Å². The molecule has 3 fully saturated rings. The minimum absolute atomic E-state index is 0.156. The third kappa shape index (κ3) is 5.39. The zero-order valence-corrected chi connectivity index (χ0v) is 21.3. The molecule has 5 heterocycles. The highest BCUT2D eigenvalue weighted by Gasteiger charge is 2.62. The monoisotopic (exact) mass is 544 g/mol. The van der Waals surface area contributed by atoms with Crippen LogP contribution in [0.1, 0.15) is 18.9 Å². The van der Waals surface area contributed by atoms with Gasteiger partial charge < -0.3 is 14.6 Å². The second-order valence-electron chi connectivity index (χ2n) is 8.70. The molecule has 0 spiro atoms. The van der Waals surface area contributed by atoms with Crippen molar-refractivity contribution in [3.8, 4) is 0 Å². The second kappa shape index (κ2) is 10.2. The summed E-state index contributed by atoms with van der Waals surface area (Å²) in [4.78, 5) is 29.0. The number of carbonyl (C=O) groups is 2. The summed E-state index contributed by atoms with van der Waals surface area (Å²) < 4.78 is 42.5. The van der Waals surface area contributed by atoms with Gasteiger partial charge in [-0.1, -0.05) is 21.6 Å². The SMILES string of the molecule is C[C@@]1(O)[C@@H]2OP(=O)(OC3CSSC[C@@H]3OCc3ccncc3)OC[C@H]2O[C@H]1N1C=CC(=O)CC1=O. The summed E-state index contributed by atoms with van der Waals surface area (Å²) in [5.41, 5.74) is -0.780. The van der Waals surface area contributed by atoms with Crippen molar-refractivity contribution in [3.63, 3.8) is 0 Å². The lowest BCUT2D eigenvalue weighted by atomic mass is 9.95. The van der Waals surface area contributed by atoms with E-state index < -0.39 is 43.9 Å². The van der Waals surface area contributed by atoms with Gasteiger partial charge in [-0.3, -0.25) is 33.0 Å². The third-order valence-corrected chi connectivity index (χ3v) is 9.98. The summed E-state index contributed by atoms with van der Waals surface area (Å²) in [6.07, 6.45) is 1.67. The van der Waals surface area contributed by atoms with Gasteiger partial charge in [0.2, 0.25) is 5.91 Å². The van der Waals surface area contributed by atoms with E-state index in [1.165, 1.54) is 19.2 Å². The summed E-state index contributed by atoms with van der Waals surface area (Å²) in [5, 5.41) is 11.3. The number of hydrogen-bond donors (Lipinski definition) is 1. The summed E-state index contributed by atoms with van der Waals surface area (Å²) in [5.74, 6) is 0.292. The van der Waals surface area contributed by atoms with Crippen LogP contribution in [-0.4, -0.2) is 81.0 Å². The molecule has 5 rings (SSSR count). The number of ketones is 1. The molecule has 11 nitrogen and oxygen atoms in total. The number of fused-ring (bicyclic) bond motifs is 1. The van der Waals surface area contributed by atoms with Crippen LogP contribution in [0.4, 0.5) is 0 Å². The molecular weight excluding hydrogens is 519 g/mol. The highest BCUT2D eigenvalue weighted by atomic mass is 33.1. The molecule has 35 heavy (non-hydrogen) atoms. The van der Waals surface area contributed by atoms with Gasteiger partial charge in [0.15, 0.2) is 12.0 Å². The summed E-state index contributed by atoms with van der Waals surface area (Å²) in [6, 6.07) is 3.71. The van der Waals surface area contributed by atoms with Crippen LogP contribution in [0, 0.1) is 0 Å². The zero-order valence-electron chi connectivity index (χ0n) is 18.8. The van der Waals surface area contributed by atoms with Gasteiger partial charge in [0, 0.05) is 30.1 Å². The molecule has 0 radical (unpaired) electrons. The quantitative estimate of drug-likeness (QED) is 0.319. The maximum Gasteiger partial charge on any atom is 0.475 e. The maximum atomic E-state index is 13.5. The Bertz CT molecular complexity index is 1040. The Balaban J connectivity index is 1.26. The molecule has 2 unspecified atom stereocenters. The van der Waals surface area contributed by atoms with Crippen LogP contribution < -0.4 is 0 Å². The molecule has 1 aromatic rings. The Hall–Kier alpha value is -1.28. The fraction of sp³-hybridized carbons (Fsp3) is 0.571. The predicted molar refractivity (Wildman–Crippen MR) is 126 cm³/mol. The van der Waals surface area contributed by atoms with Gasteiger partial charge in [0.05, 0.1) is 25.7 Å². The average Bonchev–Trinajstić information content (AvgIpc) is 3.08. The van der Waals surface area contributed by atoms with Crippen LogP contribution in [0.25, 0.3) is 0 Å². The summed E-state index contributed by atoms with van der Waals surface area (Å²) in [6.45, 7) is 1.62. The fourth-order valence-electron chi connectivity index (χ4n) is 4.23. The van der Waals surface area contributed by atoms with Crippen LogP contribution in [0.3, 0.4) is 0 Å².